The number of nitrogens with two attached hydrogens (primary N) is 1. The summed E-state index contributed by atoms with van der Waals surface area (Å²) in [6.45, 7) is -0.289. The van der Waals surface area contributed by atoms with Crippen molar-refractivity contribution in [2.45, 2.75) is 6.42 Å². The number of amides is 2. The van der Waals surface area contributed by atoms with Crippen LogP contribution in [0.2, 0.25) is 0 Å². The van der Waals surface area contributed by atoms with E-state index in [9.17, 15) is 18.4 Å². The van der Waals surface area contributed by atoms with E-state index in [0.717, 1.165) is 15.9 Å². The molecule has 0 atom stereocenters. The lowest BCUT2D eigenvalue weighted by Crippen LogP contribution is -2.37. The monoisotopic (exact) mass is 269 g/mol. The lowest BCUT2D eigenvalue weighted by Gasteiger charge is -2.23. The van der Waals surface area contributed by atoms with Gasteiger partial charge in [0.2, 0.25) is 11.8 Å². The van der Waals surface area contributed by atoms with Crippen LogP contribution >= 0.6 is 0 Å². The first-order chi connectivity index (χ1) is 8.95. The Kier molecular flexibility index (Phi) is 3.48. The second-order valence-corrected chi connectivity index (χ2v) is 4.21. The average Bonchev–Trinajstić information content (AvgIpc) is 2.49. The van der Waals surface area contributed by atoms with Crippen molar-refractivity contribution in [2.75, 3.05) is 29.9 Å². The molecule has 0 saturated heterocycles. The predicted octanol–water partition coefficient (Wildman–Crippen LogP) is 0.623. The molecule has 1 aliphatic heterocycles. The standard InChI is InChI=1S/C12H13F2N3O2/c1-16-9-5-7(13)4-8(14)12(9)17(11(19)6-15)3-2-10(16)18/h4-5H,2-3,6,15H2,1H3. The average molecular weight is 269 g/mol. The van der Waals surface area contributed by atoms with Gasteiger partial charge in [-0.3, -0.25) is 9.59 Å². The van der Waals surface area contributed by atoms with Crippen LogP contribution in [-0.2, 0) is 9.59 Å². The van der Waals surface area contributed by atoms with E-state index in [1.807, 2.05) is 0 Å². The molecular formula is C12H13F2N3O2. The fourth-order valence-electron chi connectivity index (χ4n) is 2.06. The maximum atomic E-state index is 13.9. The molecule has 19 heavy (non-hydrogen) atoms. The van der Waals surface area contributed by atoms with Gasteiger partial charge in [-0.2, -0.15) is 0 Å². The minimum Gasteiger partial charge on any atom is -0.322 e. The third kappa shape index (κ3) is 2.28. The fraction of sp³-hybridized carbons (Fsp3) is 0.333. The van der Waals surface area contributed by atoms with Gasteiger partial charge < -0.3 is 15.5 Å². The van der Waals surface area contributed by atoms with Crippen molar-refractivity contribution in [1.29, 1.82) is 0 Å². The highest BCUT2D eigenvalue weighted by atomic mass is 19.1. The highest BCUT2D eigenvalue weighted by molar-refractivity contribution is 6.05. The van der Waals surface area contributed by atoms with E-state index >= 15 is 0 Å². The Labute approximate surface area is 108 Å². The SMILES string of the molecule is CN1C(=O)CCN(C(=O)CN)c2c(F)cc(F)cc21. The summed E-state index contributed by atoms with van der Waals surface area (Å²) in [7, 11) is 1.41. The van der Waals surface area contributed by atoms with Crippen LogP contribution in [0, 0.1) is 11.6 Å². The molecule has 0 radical (unpaired) electrons. The van der Waals surface area contributed by atoms with Crippen LogP contribution in [0.4, 0.5) is 20.2 Å². The van der Waals surface area contributed by atoms with Crippen molar-refractivity contribution < 1.29 is 18.4 Å². The van der Waals surface area contributed by atoms with Crippen molar-refractivity contribution in [3.8, 4) is 0 Å². The van der Waals surface area contributed by atoms with Gasteiger partial charge in [-0.1, -0.05) is 0 Å². The third-order valence-electron chi connectivity index (χ3n) is 3.04. The number of carbonyl (C=O) groups excluding carboxylic acids is 2. The van der Waals surface area contributed by atoms with Crippen LogP contribution in [0.15, 0.2) is 12.1 Å². The molecule has 5 nitrogen and oxygen atoms in total. The highest BCUT2D eigenvalue weighted by Gasteiger charge is 2.30. The molecule has 0 aromatic heterocycles. The van der Waals surface area contributed by atoms with Crippen LogP contribution in [0.1, 0.15) is 6.42 Å². The second kappa shape index (κ2) is 4.93. The van der Waals surface area contributed by atoms with Crippen LogP contribution in [0.5, 0.6) is 0 Å². The number of hydrogen-bond donors (Lipinski definition) is 1. The Hall–Kier alpha value is -2.02. The number of fused-ring (bicyclic) bond motifs is 1. The molecule has 0 unspecified atom stereocenters. The summed E-state index contributed by atoms with van der Waals surface area (Å²) in [4.78, 5) is 25.7. The normalized spacial score (nSPS) is 15.3. The number of carbonyl (C=O) groups is 2. The van der Waals surface area contributed by atoms with E-state index in [4.69, 9.17) is 5.73 Å². The Morgan fingerprint density at radius 2 is 2.11 bits per heavy atom. The summed E-state index contributed by atoms with van der Waals surface area (Å²) in [6.07, 6.45) is 0.0258. The van der Waals surface area contributed by atoms with Gasteiger partial charge in [-0.25, -0.2) is 8.78 Å². The van der Waals surface area contributed by atoms with Crippen molar-refractivity contribution in [3.63, 3.8) is 0 Å². The number of hydrogen-bond acceptors (Lipinski definition) is 3. The maximum absolute atomic E-state index is 13.9. The zero-order chi connectivity index (χ0) is 14.2. The van der Waals surface area contributed by atoms with E-state index in [1.54, 1.807) is 0 Å². The molecule has 2 rings (SSSR count). The van der Waals surface area contributed by atoms with Crippen molar-refractivity contribution in [3.05, 3.63) is 23.8 Å². The van der Waals surface area contributed by atoms with E-state index in [1.165, 1.54) is 7.05 Å². The number of nitrogens with zero attached hydrogens (tertiary/aromatic N) is 2. The van der Waals surface area contributed by atoms with Gasteiger partial charge in [-0.15, -0.1) is 0 Å². The topological polar surface area (TPSA) is 66.6 Å². The van der Waals surface area contributed by atoms with E-state index < -0.39 is 17.5 Å². The molecule has 0 spiro atoms. The highest BCUT2D eigenvalue weighted by Crippen LogP contribution is 2.35. The van der Waals surface area contributed by atoms with Gasteiger partial charge in [0, 0.05) is 26.1 Å². The molecule has 2 amide bonds. The molecule has 0 saturated carbocycles. The van der Waals surface area contributed by atoms with Gasteiger partial charge in [0.05, 0.1) is 12.2 Å². The van der Waals surface area contributed by atoms with E-state index in [0.29, 0.717) is 6.07 Å². The second-order valence-electron chi connectivity index (χ2n) is 4.21. The fourth-order valence-corrected chi connectivity index (χ4v) is 2.06. The molecule has 1 aromatic rings. The van der Waals surface area contributed by atoms with Crippen LogP contribution in [0.25, 0.3) is 0 Å². The molecule has 1 aromatic carbocycles. The quantitative estimate of drug-likeness (QED) is 0.813. The molecule has 1 heterocycles. The lowest BCUT2D eigenvalue weighted by molar-refractivity contribution is -0.118. The van der Waals surface area contributed by atoms with Crippen molar-refractivity contribution in [1.82, 2.24) is 0 Å². The summed E-state index contributed by atoms with van der Waals surface area (Å²) < 4.78 is 27.2. The predicted molar refractivity (Wildman–Crippen MR) is 65.8 cm³/mol. The lowest BCUT2D eigenvalue weighted by atomic mass is 10.2. The van der Waals surface area contributed by atoms with Crippen molar-refractivity contribution >= 4 is 23.2 Å². The maximum Gasteiger partial charge on any atom is 0.240 e. The first-order valence-electron chi connectivity index (χ1n) is 5.71. The molecular weight excluding hydrogens is 256 g/mol. The third-order valence-corrected chi connectivity index (χ3v) is 3.04. The summed E-state index contributed by atoms with van der Waals surface area (Å²) in [5.74, 6) is -2.54. The Morgan fingerprint density at radius 3 is 2.74 bits per heavy atom. The number of benzene rings is 1. The Bertz CT molecular complexity index is 548. The molecule has 1 aliphatic rings. The largest absolute Gasteiger partial charge is 0.322 e. The minimum atomic E-state index is -0.890. The molecule has 0 aliphatic carbocycles. The number of rotatable bonds is 1. The summed E-state index contributed by atoms with van der Waals surface area (Å²) in [5, 5.41) is 0. The zero-order valence-electron chi connectivity index (χ0n) is 10.3. The molecule has 0 bridgehead atoms. The Balaban J connectivity index is 2.64. The summed E-state index contributed by atoms with van der Waals surface area (Å²) in [5.41, 5.74) is 5.20. The summed E-state index contributed by atoms with van der Waals surface area (Å²) in [6, 6.07) is 1.71. The number of halogens is 2. The molecule has 7 heteroatoms. The van der Waals surface area contributed by atoms with Gasteiger partial charge in [0.25, 0.3) is 0 Å². The van der Waals surface area contributed by atoms with Crippen LogP contribution < -0.4 is 15.5 Å². The molecule has 0 fully saturated rings. The molecule has 2 N–H and O–H groups in total. The zero-order valence-corrected chi connectivity index (χ0v) is 10.3. The van der Waals surface area contributed by atoms with Crippen molar-refractivity contribution in [2.24, 2.45) is 5.73 Å². The molecule has 102 valence electrons. The van der Waals surface area contributed by atoms with Gasteiger partial charge >= 0.3 is 0 Å². The first-order valence-corrected chi connectivity index (χ1v) is 5.71. The number of anilines is 2. The smallest absolute Gasteiger partial charge is 0.240 e. The summed E-state index contributed by atoms with van der Waals surface area (Å²) >= 11 is 0. The van der Waals surface area contributed by atoms with Crippen LogP contribution in [0.3, 0.4) is 0 Å². The van der Waals surface area contributed by atoms with Gasteiger partial charge in [0.1, 0.15) is 11.5 Å². The van der Waals surface area contributed by atoms with Gasteiger partial charge in [-0.05, 0) is 6.07 Å². The first kappa shape index (κ1) is 13.4. The van der Waals surface area contributed by atoms with E-state index in [-0.39, 0.29) is 36.8 Å². The minimum absolute atomic E-state index is 0.0226. The van der Waals surface area contributed by atoms with Crippen LogP contribution in [-0.4, -0.2) is 32.0 Å². The van der Waals surface area contributed by atoms with Gasteiger partial charge in [0.15, 0.2) is 5.82 Å². The van der Waals surface area contributed by atoms with E-state index in [2.05, 4.69) is 0 Å². The Morgan fingerprint density at radius 1 is 1.42 bits per heavy atom.